The molecule has 0 saturated heterocycles. The summed E-state index contributed by atoms with van der Waals surface area (Å²) in [6.07, 6.45) is 0. The molecule has 1 rings (SSSR count). The summed E-state index contributed by atoms with van der Waals surface area (Å²) < 4.78 is 9.50. The van der Waals surface area contributed by atoms with Gasteiger partial charge >= 0.3 is 0 Å². The molecule has 1 aromatic carbocycles. The van der Waals surface area contributed by atoms with Crippen LogP contribution in [0.25, 0.3) is 0 Å². The topological polar surface area (TPSA) is 43.1 Å². The molecule has 0 fully saturated rings. The minimum Gasteiger partial charge on any atom is -0.258 e. The Morgan fingerprint density at radius 1 is 1.27 bits per heavy atom. The zero-order valence-corrected chi connectivity index (χ0v) is 6.03. The van der Waals surface area contributed by atoms with Crippen molar-refractivity contribution in [1.29, 1.82) is 0 Å². The van der Waals surface area contributed by atoms with Gasteiger partial charge in [-0.05, 0) is 0 Å². The van der Waals surface area contributed by atoms with Crippen LogP contribution in [0.5, 0.6) is 0 Å². The molecule has 0 aliphatic rings. The van der Waals surface area contributed by atoms with Crippen LogP contribution in [0, 0.1) is 10.1 Å². The molecular formula is C7H8FNO2. The lowest BCUT2D eigenvalue weighted by Gasteiger charge is -1.85. The number of nitrogens with zero attached hydrogens (tertiary/aromatic N) is 1. The number of hydrogen-bond acceptors (Lipinski definition) is 2. The third kappa shape index (κ3) is 3.30. The molecular weight excluding hydrogens is 149 g/mol. The number of non-ortho nitro benzene ring substituents is 1. The molecule has 4 heteroatoms. The molecule has 0 aliphatic carbocycles. The van der Waals surface area contributed by atoms with Crippen LogP contribution < -0.4 is 0 Å². The molecule has 0 saturated carbocycles. The van der Waals surface area contributed by atoms with Gasteiger partial charge in [0.25, 0.3) is 5.69 Å². The Morgan fingerprint density at radius 3 is 2.00 bits per heavy atom. The number of rotatable bonds is 1. The quantitative estimate of drug-likeness (QED) is 0.463. The van der Waals surface area contributed by atoms with Gasteiger partial charge in [0.2, 0.25) is 0 Å². The third-order valence-electron chi connectivity index (χ3n) is 0.967. The molecule has 0 aromatic heterocycles. The molecule has 0 amide bonds. The highest BCUT2D eigenvalue weighted by Gasteiger charge is 1.98. The second-order valence-corrected chi connectivity index (χ2v) is 1.59. The first kappa shape index (κ1) is 9.55. The second-order valence-electron chi connectivity index (χ2n) is 1.59. The average molecular weight is 157 g/mol. The Morgan fingerprint density at radius 2 is 1.73 bits per heavy atom. The van der Waals surface area contributed by atoms with Gasteiger partial charge in [0, 0.05) is 12.1 Å². The number of hydrogen-bond donors (Lipinski definition) is 0. The van der Waals surface area contributed by atoms with Crippen molar-refractivity contribution in [2.75, 3.05) is 7.18 Å². The van der Waals surface area contributed by atoms with Crippen molar-refractivity contribution in [2.24, 2.45) is 0 Å². The lowest BCUT2D eigenvalue weighted by Crippen LogP contribution is -1.84. The molecule has 1 aromatic rings. The van der Waals surface area contributed by atoms with E-state index in [2.05, 4.69) is 0 Å². The smallest absolute Gasteiger partial charge is 0.258 e. The van der Waals surface area contributed by atoms with Gasteiger partial charge in [-0.15, -0.1) is 0 Å². The fourth-order valence-corrected chi connectivity index (χ4v) is 0.550. The van der Waals surface area contributed by atoms with Gasteiger partial charge in [0.05, 0.1) is 12.1 Å². The van der Waals surface area contributed by atoms with E-state index in [1.54, 1.807) is 18.2 Å². The van der Waals surface area contributed by atoms with E-state index >= 15 is 0 Å². The molecule has 0 bridgehead atoms. The summed E-state index contributed by atoms with van der Waals surface area (Å²) in [6.45, 7) is 0. The number of alkyl halides is 1. The molecule has 0 radical (unpaired) electrons. The summed E-state index contributed by atoms with van der Waals surface area (Å²) in [5, 5.41) is 10.0. The van der Waals surface area contributed by atoms with Crippen LogP contribution in [0.1, 0.15) is 0 Å². The van der Waals surface area contributed by atoms with Gasteiger partial charge in [0.1, 0.15) is 0 Å². The standard InChI is InChI=1S/C6H5NO2.CH3F/c8-7(9)6-4-2-1-3-5-6;1-2/h1-5H;1H3. The normalized spacial score (nSPS) is 7.82. The van der Waals surface area contributed by atoms with Gasteiger partial charge in [-0.25, -0.2) is 0 Å². The van der Waals surface area contributed by atoms with Crippen molar-refractivity contribution in [3.63, 3.8) is 0 Å². The first-order valence-electron chi connectivity index (χ1n) is 2.88. The summed E-state index contributed by atoms with van der Waals surface area (Å²) >= 11 is 0. The van der Waals surface area contributed by atoms with E-state index in [1.807, 2.05) is 0 Å². The van der Waals surface area contributed by atoms with Crippen LogP contribution in [0.2, 0.25) is 0 Å². The Hall–Kier alpha value is -1.45. The SMILES string of the molecule is CF.O=[N+]([O-])c1ccccc1. The van der Waals surface area contributed by atoms with Crippen molar-refractivity contribution >= 4 is 5.69 Å². The summed E-state index contributed by atoms with van der Waals surface area (Å²) in [4.78, 5) is 9.59. The van der Waals surface area contributed by atoms with Crippen LogP contribution in [0.15, 0.2) is 30.3 Å². The molecule has 3 nitrogen and oxygen atoms in total. The number of para-hydroxylation sites is 1. The molecule has 0 atom stereocenters. The van der Waals surface area contributed by atoms with E-state index in [4.69, 9.17) is 0 Å². The molecule has 0 unspecified atom stereocenters. The first-order valence-corrected chi connectivity index (χ1v) is 2.88. The maximum absolute atomic E-state index is 10.0. The molecule has 0 spiro atoms. The number of nitro groups is 1. The van der Waals surface area contributed by atoms with Crippen LogP contribution in [-0.2, 0) is 0 Å². The number of nitro benzene ring substituents is 1. The monoisotopic (exact) mass is 157 g/mol. The fraction of sp³-hybridized carbons (Fsp3) is 0.143. The maximum atomic E-state index is 10.0. The second kappa shape index (κ2) is 5.34. The van der Waals surface area contributed by atoms with Gasteiger partial charge in [-0.1, -0.05) is 18.2 Å². The molecule has 0 heterocycles. The average Bonchev–Trinajstić information content (AvgIpc) is 2.10. The van der Waals surface area contributed by atoms with E-state index < -0.39 is 4.92 Å². The Kier molecular flexibility index (Phi) is 4.64. The summed E-state index contributed by atoms with van der Waals surface area (Å²) in [5.74, 6) is 0. The third-order valence-corrected chi connectivity index (χ3v) is 0.967. The van der Waals surface area contributed by atoms with Crippen molar-refractivity contribution < 1.29 is 9.31 Å². The predicted octanol–water partition coefficient (Wildman–Crippen LogP) is 2.18. The number of halogens is 1. The van der Waals surface area contributed by atoms with Crippen molar-refractivity contribution in [3.05, 3.63) is 40.4 Å². The van der Waals surface area contributed by atoms with E-state index in [0.29, 0.717) is 7.18 Å². The van der Waals surface area contributed by atoms with E-state index in [1.165, 1.54) is 12.1 Å². The lowest BCUT2D eigenvalue weighted by atomic mass is 10.3. The fourth-order valence-electron chi connectivity index (χ4n) is 0.550. The van der Waals surface area contributed by atoms with Gasteiger partial charge < -0.3 is 0 Å². The van der Waals surface area contributed by atoms with Gasteiger partial charge in [0.15, 0.2) is 0 Å². The van der Waals surface area contributed by atoms with Crippen LogP contribution in [0.3, 0.4) is 0 Å². The van der Waals surface area contributed by atoms with Crippen LogP contribution in [0.4, 0.5) is 10.1 Å². The first-order chi connectivity index (χ1) is 5.30. The zero-order valence-electron chi connectivity index (χ0n) is 6.03. The van der Waals surface area contributed by atoms with Crippen molar-refractivity contribution in [2.45, 2.75) is 0 Å². The minimum absolute atomic E-state index is 0.137. The zero-order chi connectivity index (χ0) is 8.69. The summed E-state index contributed by atoms with van der Waals surface area (Å²) in [5.41, 5.74) is 0.137. The Labute approximate surface area is 63.6 Å². The van der Waals surface area contributed by atoms with Crippen molar-refractivity contribution in [1.82, 2.24) is 0 Å². The molecule has 60 valence electrons. The van der Waals surface area contributed by atoms with Crippen LogP contribution in [-0.4, -0.2) is 12.1 Å². The lowest BCUT2D eigenvalue weighted by molar-refractivity contribution is -0.384. The van der Waals surface area contributed by atoms with E-state index in [-0.39, 0.29) is 5.69 Å². The van der Waals surface area contributed by atoms with E-state index in [0.717, 1.165) is 0 Å². The largest absolute Gasteiger partial charge is 0.269 e. The Balaban J connectivity index is 0.000000461. The van der Waals surface area contributed by atoms with Crippen LogP contribution >= 0.6 is 0 Å². The molecule has 11 heavy (non-hydrogen) atoms. The minimum atomic E-state index is -0.417. The highest BCUT2D eigenvalue weighted by molar-refractivity contribution is 5.27. The number of benzene rings is 1. The highest BCUT2D eigenvalue weighted by Crippen LogP contribution is 2.06. The Bertz CT molecular complexity index is 213. The maximum Gasteiger partial charge on any atom is 0.269 e. The van der Waals surface area contributed by atoms with Gasteiger partial charge in [-0.3, -0.25) is 14.5 Å². The van der Waals surface area contributed by atoms with Crippen molar-refractivity contribution in [3.8, 4) is 0 Å². The highest BCUT2D eigenvalue weighted by atomic mass is 19.1. The summed E-state index contributed by atoms with van der Waals surface area (Å²) in [7, 11) is 0.500. The summed E-state index contributed by atoms with van der Waals surface area (Å²) in [6, 6.07) is 7.93. The van der Waals surface area contributed by atoms with Gasteiger partial charge in [-0.2, -0.15) is 0 Å². The molecule has 0 aliphatic heterocycles. The van der Waals surface area contributed by atoms with E-state index in [9.17, 15) is 14.5 Å². The molecule has 0 N–H and O–H groups in total. The predicted molar refractivity (Wildman–Crippen MR) is 40.1 cm³/mol.